The standard InChI is InChI=1S/C21H33N5O3/c1-24-10-12-25(13-11-24)18-8-9-26(14-15(18)6-7-19(27)28)21(29)20-16-4-2-3-5-17(16)22-23-20/h15,18H,2-14H2,1H3,(H,22,23)(H,27,28)/t15-,18+/m1/s1. The molecule has 0 bridgehead atoms. The van der Waals surface area contributed by atoms with Crippen molar-refractivity contribution >= 4 is 11.9 Å². The van der Waals surface area contributed by atoms with Crippen LogP contribution in [0, 0.1) is 5.92 Å². The van der Waals surface area contributed by atoms with E-state index in [0.717, 1.165) is 76.1 Å². The first-order valence-electron chi connectivity index (χ1n) is 11.0. The van der Waals surface area contributed by atoms with Crippen molar-refractivity contribution in [3.8, 4) is 0 Å². The van der Waals surface area contributed by atoms with Crippen molar-refractivity contribution in [2.75, 3.05) is 46.3 Å². The number of aromatic nitrogens is 2. The summed E-state index contributed by atoms with van der Waals surface area (Å²) in [5.41, 5.74) is 2.81. The van der Waals surface area contributed by atoms with Gasteiger partial charge in [-0.3, -0.25) is 19.6 Å². The summed E-state index contributed by atoms with van der Waals surface area (Å²) >= 11 is 0. The smallest absolute Gasteiger partial charge is 0.303 e. The number of piperazine rings is 1. The number of rotatable bonds is 5. The molecule has 1 aliphatic carbocycles. The maximum Gasteiger partial charge on any atom is 0.303 e. The largest absolute Gasteiger partial charge is 0.481 e. The van der Waals surface area contributed by atoms with Crippen molar-refractivity contribution in [3.63, 3.8) is 0 Å². The lowest BCUT2D eigenvalue weighted by atomic mass is 9.86. The molecule has 0 spiro atoms. The molecule has 1 aromatic heterocycles. The van der Waals surface area contributed by atoms with Crippen molar-refractivity contribution in [1.29, 1.82) is 0 Å². The summed E-state index contributed by atoms with van der Waals surface area (Å²) in [6.45, 7) is 5.48. The number of hydrogen-bond donors (Lipinski definition) is 2. The third kappa shape index (κ3) is 4.48. The van der Waals surface area contributed by atoms with E-state index in [1.807, 2.05) is 4.90 Å². The van der Waals surface area contributed by atoms with Crippen LogP contribution in [-0.4, -0.2) is 94.2 Å². The fraction of sp³-hybridized carbons (Fsp3) is 0.762. The number of aliphatic carboxylic acids is 1. The Morgan fingerprint density at radius 3 is 2.66 bits per heavy atom. The van der Waals surface area contributed by atoms with Crippen LogP contribution < -0.4 is 0 Å². The van der Waals surface area contributed by atoms with Crippen LogP contribution in [0.2, 0.25) is 0 Å². The SMILES string of the molecule is CN1CCN([C@H]2CCN(C(=O)c3n[nH]c4c3CCCC4)C[C@H]2CCC(=O)O)CC1. The monoisotopic (exact) mass is 403 g/mol. The molecule has 160 valence electrons. The van der Waals surface area contributed by atoms with Crippen molar-refractivity contribution < 1.29 is 14.7 Å². The molecular weight excluding hydrogens is 370 g/mol. The molecule has 0 unspecified atom stereocenters. The molecule has 1 amide bonds. The fourth-order valence-corrected chi connectivity index (χ4v) is 5.24. The van der Waals surface area contributed by atoms with E-state index < -0.39 is 5.97 Å². The molecular formula is C21H33N5O3. The van der Waals surface area contributed by atoms with Gasteiger partial charge in [-0.25, -0.2) is 0 Å². The summed E-state index contributed by atoms with van der Waals surface area (Å²) in [5, 5.41) is 16.7. The highest BCUT2D eigenvalue weighted by Gasteiger charge is 2.37. The van der Waals surface area contributed by atoms with Gasteiger partial charge in [-0.2, -0.15) is 5.10 Å². The van der Waals surface area contributed by atoms with Gasteiger partial charge in [0.05, 0.1) is 0 Å². The Hall–Kier alpha value is -1.93. The molecule has 3 heterocycles. The molecule has 0 aromatic carbocycles. The summed E-state index contributed by atoms with van der Waals surface area (Å²) in [6.07, 6.45) is 5.85. The number of nitrogens with one attached hydrogen (secondary N) is 1. The average molecular weight is 404 g/mol. The maximum atomic E-state index is 13.2. The third-order valence-corrected chi connectivity index (χ3v) is 6.98. The zero-order valence-corrected chi connectivity index (χ0v) is 17.4. The zero-order chi connectivity index (χ0) is 20.4. The van der Waals surface area contributed by atoms with Crippen molar-refractivity contribution in [2.24, 2.45) is 5.92 Å². The van der Waals surface area contributed by atoms with E-state index in [1.54, 1.807) is 0 Å². The Balaban J connectivity index is 1.46. The molecule has 0 saturated carbocycles. The molecule has 8 nitrogen and oxygen atoms in total. The molecule has 2 aliphatic heterocycles. The molecule has 29 heavy (non-hydrogen) atoms. The molecule has 3 aliphatic rings. The number of carbonyl (C=O) groups excluding carboxylic acids is 1. The number of fused-ring (bicyclic) bond motifs is 1. The van der Waals surface area contributed by atoms with Crippen LogP contribution in [0.3, 0.4) is 0 Å². The second-order valence-corrected chi connectivity index (χ2v) is 8.88. The number of aryl methyl sites for hydroxylation is 1. The highest BCUT2D eigenvalue weighted by molar-refractivity contribution is 5.94. The summed E-state index contributed by atoms with van der Waals surface area (Å²) in [6, 6.07) is 0.361. The number of likely N-dealkylation sites (N-methyl/N-ethyl adjacent to an activating group) is 1. The van der Waals surface area contributed by atoms with Crippen LogP contribution in [0.25, 0.3) is 0 Å². The number of aromatic amines is 1. The normalized spacial score (nSPS) is 26.3. The fourth-order valence-electron chi connectivity index (χ4n) is 5.24. The van der Waals surface area contributed by atoms with E-state index >= 15 is 0 Å². The van der Waals surface area contributed by atoms with Gasteiger partial charge in [-0.15, -0.1) is 0 Å². The molecule has 8 heteroatoms. The van der Waals surface area contributed by atoms with Crippen LogP contribution in [0.5, 0.6) is 0 Å². The topological polar surface area (TPSA) is 92.8 Å². The predicted octanol–water partition coefficient (Wildman–Crippen LogP) is 1.23. The number of carboxylic acid groups (broad SMARTS) is 1. The molecule has 2 atom stereocenters. The van der Waals surface area contributed by atoms with Crippen molar-refractivity contribution in [3.05, 3.63) is 17.0 Å². The Morgan fingerprint density at radius 2 is 1.90 bits per heavy atom. The van der Waals surface area contributed by atoms with E-state index in [-0.39, 0.29) is 18.2 Å². The molecule has 1 aromatic rings. The van der Waals surface area contributed by atoms with Gasteiger partial charge in [0.1, 0.15) is 0 Å². The van der Waals surface area contributed by atoms with Crippen LogP contribution in [0.1, 0.15) is 53.8 Å². The number of H-pyrrole nitrogens is 1. The second-order valence-electron chi connectivity index (χ2n) is 8.88. The average Bonchev–Trinajstić information content (AvgIpc) is 3.16. The molecule has 0 radical (unpaired) electrons. The zero-order valence-electron chi connectivity index (χ0n) is 17.4. The number of hydrogen-bond acceptors (Lipinski definition) is 5. The molecule has 2 N–H and O–H groups in total. The maximum absolute atomic E-state index is 13.2. The highest BCUT2D eigenvalue weighted by atomic mass is 16.4. The minimum absolute atomic E-state index is 0.0153. The number of amides is 1. The number of nitrogens with zero attached hydrogens (tertiary/aromatic N) is 4. The first-order valence-corrected chi connectivity index (χ1v) is 11.0. The van der Waals surface area contributed by atoms with Gasteiger partial charge in [0, 0.05) is 63.0 Å². The van der Waals surface area contributed by atoms with Crippen LogP contribution >= 0.6 is 0 Å². The highest BCUT2D eigenvalue weighted by Crippen LogP contribution is 2.29. The summed E-state index contributed by atoms with van der Waals surface area (Å²) in [7, 11) is 2.14. The lowest BCUT2D eigenvalue weighted by Crippen LogP contribution is -2.57. The van der Waals surface area contributed by atoms with E-state index in [1.165, 1.54) is 0 Å². The lowest BCUT2D eigenvalue weighted by Gasteiger charge is -2.46. The summed E-state index contributed by atoms with van der Waals surface area (Å²) in [5.74, 6) is -0.546. The molecule has 2 saturated heterocycles. The summed E-state index contributed by atoms with van der Waals surface area (Å²) in [4.78, 5) is 31.2. The number of likely N-dealkylation sites (tertiary alicyclic amines) is 1. The summed E-state index contributed by atoms with van der Waals surface area (Å²) < 4.78 is 0. The molecule has 4 rings (SSSR count). The Morgan fingerprint density at radius 1 is 1.14 bits per heavy atom. The van der Waals surface area contributed by atoms with Gasteiger partial charge in [0.2, 0.25) is 0 Å². The van der Waals surface area contributed by atoms with Crippen molar-refractivity contribution in [1.82, 2.24) is 24.9 Å². The van der Waals surface area contributed by atoms with Gasteiger partial charge in [0.25, 0.3) is 5.91 Å². The quantitative estimate of drug-likeness (QED) is 0.768. The predicted molar refractivity (Wildman–Crippen MR) is 109 cm³/mol. The Labute approximate surface area is 172 Å². The van der Waals surface area contributed by atoms with Crippen LogP contribution in [0.15, 0.2) is 0 Å². The van der Waals surface area contributed by atoms with Gasteiger partial charge in [-0.1, -0.05) is 0 Å². The Kier molecular flexibility index (Phi) is 6.20. The third-order valence-electron chi connectivity index (χ3n) is 6.98. The van der Waals surface area contributed by atoms with E-state index in [2.05, 4.69) is 27.0 Å². The number of carbonyl (C=O) groups is 2. The van der Waals surface area contributed by atoms with Gasteiger partial charge in [0.15, 0.2) is 5.69 Å². The first kappa shape index (κ1) is 20.3. The van der Waals surface area contributed by atoms with E-state index in [9.17, 15) is 14.7 Å². The van der Waals surface area contributed by atoms with Gasteiger partial charge >= 0.3 is 5.97 Å². The van der Waals surface area contributed by atoms with Crippen LogP contribution in [-0.2, 0) is 17.6 Å². The van der Waals surface area contributed by atoms with Crippen molar-refractivity contribution in [2.45, 2.75) is 51.0 Å². The minimum Gasteiger partial charge on any atom is -0.481 e. The Bertz CT molecular complexity index is 741. The van der Waals surface area contributed by atoms with E-state index in [4.69, 9.17) is 0 Å². The lowest BCUT2D eigenvalue weighted by molar-refractivity contribution is -0.137. The van der Waals surface area contributed by atoms with Crippen LogP contribution in [0.4, 0.5) is 0 Å². The molecule has 2 fully saturated rings. The van der Waals surface area contributed by atoms with Gasteiger partial charge < -0.3 is 14.9 Å². The van der Waals surface area contributed by atoms with Gasteiger partial charge in [-0.05, 0) is 51.5 Å². The number of carboxylic acids is 1. The number of piperidine rings is 1. The van der Waals surface area contributed by atoms with E-state index in [0.29, 0.717) is 24.7 Å². The second kappa shape index (κ2) is 8.83. The first-order chi connectivity index (χ1) is 14.0. The minimum atomic E-state index is -0.757.